The van der Waals surface area contributed by atoms with Crippen LogP contribution in [0.4, 0.5) is 0 Å². The van der Waals surface area contributed by atoms with E-state index in [4.69, 9.17) is 4.74 Å². The number of hydrogen-bond acceptors (Lipinski definition) is 4. The maximum Gasteiger partial charge on any atom is 0.316 e. The highest BCUT2D eigenvalue weighted by molar-refractivity contribution is 8.00. The molecule has 0 unspecified atom stereocenters. The maximum absolute atomic E-state index is 12.2. The second kappa shape index (κ2) is 9.78. The van der Waals surface area contributed by atoms with Crippen molar-refractivity contribution in [3.8, 4) is 0 Å². The molecule has 148 valence electrons. The molecule has 2 aromatic carbocycles. The van der Waals surface area contributed by atoms with E-state index in [9.17, 15) is 9.59 Å². The lowest BCUT2D eigenvalue weighted by Gasteiger charge is -2.17. The Morgan fingerprint density at radius 3 is 2.61 bits per heavy atom. The number of thioether (sulfide) groups is 1. The summed E-state index contributed by atoms with van der Waals surface area (Å²) in [4.78, 5) is 25.2. The number of fused-ring (bicyclic) bond motifs is 1. The van der Waals surface area contributed by atoms with Crippen molar-refractivity contribution in [3.05, 3.63) is 64.7 Å². The van der Waals surface area contributed by atoms with E-state index in [0.717, 1.165) is 29.7 Å². The van der Waals surface area contributed by atoms with Gasteiger partial charge in [-0.3, -0.25) is 9.59 Å². The minimum atomic E-state index is -0.371. The van der Waals surface area contributed by atoms with Gasteiger partial charge in [-0.2, -0.15) is 0 Å². The van der Waals surface area contributed by atoms with Gasteiger partial charge in [0.05, 0.1) is 11.8 Å². The van der Waals surface area contributed by atoms with Gasteiger partial charge in [-0.15, -0.1) is 11.8 Å². The van der Waals surface area contributed by atoms with Crippen LogP contribution in [0.5, 0.6) is 0 Å². The predicted molar refractivity (Wildman–Crippen MR) is 113 cm³/mol. The van der Waals surface area contributed by atoms with Crippen molar-refractivity contribution in [2.45, 2.75) is 50.5 Å². The van der Waals surface area contributed by atoms with Crippen molar-refractivity contribution < 1.29 is 14.3 Å². The smallest absolute Gasteiger partial charge is 0.316 e. The number of amides is 1. The molecule has 0 heterocycles. The summed E-state index contributed by atoms with van der Waals surface area (Å²) in [5.74, 6) is -0.436. The number of carbonyl (C=O) groups excluding carboxylic acids is 2. The molecule has 3 rings (SSSR count). The highest BCUT2D eigenvalue weighted by Crippen LogP contribution is 2.27. The van der Waals surface area contributed by atoms with E-state index in [1.807, 2.05) is 38.1 Å². The van der Waals surface area contributed by atoms with Crippen LogP contribution in [0.15, 0.2) is 47.4 Å². The normalized spacial score (nSPS) is 13.6. The summed E-state index contributed by atoms with van der Waals surface area (Å²) in [7, 11) is 0. The zero-order valence-corrected chi connectivity index (χ0v) is 17.3. The van der Waals surface area contributed by atoms with Crippen LogP contribution in [0.3, 0.4) is 0 Å². The molecule has 0 aliphatic heterocycles. The molecule has 2 aromatic rings. The van der Waals surface area contributed by atoms with Crippen LogP contribution in [0.1, 0.15) is 48.1 Å². The van der Waals surface area contributed by atoms with Gasteiger partial charge < -0.3 is 10.1 Å². The molecule has 1 aliphatic carbocycles. The summed E-state index contributed by atoms with van der Waals surface area (Å²) < 4.78 is 5.15. The Hall–Kier alpha value is -2.27. The average Bonchev–Trinajstić information content (AvgIpc) is 3.17. The first-order valence-electron chi connectivity index (χ1n) is 9.81. The van der Waals surface area contributed by atoms with Gasteiger partial charge in [0.25, 0.3) is 5.91 Å². The number of esters is 1. The van der Waals surface area contributed by atoms with Gasteiger partial charge in [0.1, 0.15) is 0 Å². The SMILES string of the molecule is CC[C@@H](NC(=O)COC(=O)CSc1ccc2c(c1)CCC2)c1ccc(C)cc1. The van der Waals surface area contributed by atoms with Crippen LogP contribution in [-0.2, 0) is 27.2 Å². The van der Waals surface area contributed by atoms with Crippen molar-refractivity contribution in [1.29, 1.82) is 0 Å². The largest absolute Gasteiger partial charge is 0.455 e. The van der Waals surface area contributed by atoms with E-state index >= 15 is 0 Å². The highest BCUT2D eigenvalue weighted by Gasteiger charge is 2.15. The highest BCUT2D eigenvalue weighted by atomic mass is 32.2. The molecule has 0 saturated carbocycles. The van der Waals surface area contributed by atoms with Crippen molar-refractivity contribution in [1.82, 2.24) is 5.32 Å². The molecule has 4 nitrogen and oxygen atoms in total. The van der Waals surface area contributed by atoms with Crippen LogP contribution in [-0.4, -0.2) is 24.2 Å². The number of rotatable bonds is 8. The summed E-state index contributed by atoms with van der Waals surface area (Å²) in [6.07, 6.45) is 4.26. The summed E-state index contributed by atoms with van der Waals surface area (Å²) in [5, 5.41) is 2.94. The summed E-state index contributed by atoms with van der Waals surface area (Å²) >= 11 is 1.46. The van der Waals surface area contributed by atoms with Gasteiger partial charge >= 0.3 is 5.97 Å². The molecule has 5 heteroatoms. The Morgan fingerprint density at radius 1 is 1.11 bits per heavy atom. The fourth-order valence-corrected chi connectivity index (χ4v) is 4.18. The first-order chi connectivity index (χ1) is 13.5. The van der Waals surface area contributed by atoms with Crippen LogP contribution in [0, 0.1) is 6.92 Å². The van der Waals surface area contributed by atoms with Gasteiger partial charge in [-0.25, -0.2) is 0 Å². The minimum Gasteiger partial charge on any atom is -0.455 e. The van der Waals surface area contributed by atoms with Crippen LogP contribution < -0.4 is 5.32 Å². The molecule has 28 heavy (non-hydrogen) atoms. The number of benzene rings is 2. The lowest BCUT2D eigenvalue weighted by Crippen LogP contribution is -2.32. The van der Waals surface area contributed by atoms with E-state index in [1.54, 1.807) is 0 Å². The van der Waals surface area contributed by atoms with Crippen molar-refractivity contribution in [2.75, 3.05) is 12.4 Å². The Morgan fingerprint density at radius 2 is 1.86 bits per heavy atom. The second-order valence-electron chi connectivity index (χ2n) is 7.17. The summed E-state index contributed by atoms with van der Waals surface area (Å²) in [6, 6.07) is 14.4. The Balaban J connectivity index is 1.42. The van der Waals surface area contributed by atoms with Gasteiger partial charge in [0.15, 0.2) is 6.61 Å². The van der Waals surface area contributed by atoms with Crippen molar-refractivity contribution in [2.24, 2.45) is 0 Å². The lowest BCUT2D eigenvalue weighted by molar-refractivity contribution is -0.146. The number of carbonyl (C=O) groups is 2. The first-order valence-corrected chi connectivity index (χ1v) is 10.8. The van der Waals surface area contributed by atoms with Gasteiger partial charge in [0, 0.05) is 4.90 Å². The first kappa shape index (κ1) is 20.5. The standard InChI is InChI=1S/C23H27NO3S/c1-3-21(18-9-7-16(2)8-10-18)24-22(25)14-27-23(26)15-28-20-12-11-17-5-4-6-19(17)13-20/h7-13,21H,3-6,14-15H2,1-2H3,(H,24,25)/t21-/m1/s1. The molecule has 0 aromatic heterocycles. The zero-order chi connectivity index (χ0) is 19.9. The third-order valence-electron chi connectivity index (χ3n) is 5.01. The zero-order valence-electron chi connectivity index (χ0n) is 16.5. The van der Waals surface area contributed by atoms with Gasteiger partial charge in [-0.05, 0) is 61.4 Å². The van der Waals surface area contributed by atoms with E-state index in [2.05, 4.69) is 23.5 Å². The molecular weight excluding hydrogens is 370 g/mol. The third kappa shape index (κ3) is 5.61. The Labute approximate surface area is 171 Å². The second-order valence-corrected chi connectivity index (χ2v) is 8.22. The molecule has 0 radical (unpaired) electrons. The van der Waals surface area contributed by atoms with E-state index in [1.165, 1.54) is 34.9 Å². The fourth-order valence-electron chi connectivity index (χ4n) is 3.42. The fraction of sp³-hybridized carbons (Fsp3) is 0.391. The molecule has 0 bridgehead atoms. The van der Waals surface area contributed by atoms with Gasteiger partial charge in [0.2, 0.25) is 0 Å². The molecule has 0 saturated heterocycles. The molecule has 1 atom stereocenters. The van der Waals surface area contributed by atoms with E-state index < -0.39 is 0 Å². The van der Waals surface area contributed by atoms with E-state index in [0.29, 0.717) is 0 Å². The third-order valence-corrected chi connectivity index (χ3v) is 5.98. The van der Waals surface area contributed by atoms with E-state index in [-0.39, 0.29) is 30.3 Å². The molecule has 0 fully saturated rings. The Bertz CT molecular complexity index is 832. The van der Waals surface area contributed by atoms with Crippen molar-refractivity contribution >= 4 is 23.6 Å². The monoisotopic (exact) mass is 397 g/mol. The average molecular weight is 398 g/mol. The topological polar surface area (TPSA) is 55.4 Å². The Kier molecular flexibility index (Phi) is 7.15. The summed E-state index contributed by atoms with van der Waals surface area (Å²) in [6.45, 7) is 3.81. The molecule has 1 amide bonds. The number of ether oxygens (including phenoxy) is 1. The molecular formula is C23H27NO3S. The minimum absolute atomic E-state index is 0.0763. The van der Waals surface area contributed by atoms with Crippen LogP contribution in [0.2, 0.25) is 0 Å². The lowest BCUT2D eigenvalue weighted by atomic mass is 10.0. The van der Waals surface area contributed by atoms with Crippen LogP contribution in [0.25, 0.3) is 0 Å². The number of aryl methyl sites for hydroxylation is 3. The molecule has 0 spiro atoms. The number of hydrogen-bond donors (Lipinski definition) is 1. The quantitative estimate of drug-likeness (QED) is 0.530. The van der Waals surface area contributed by atoms with Crippen LogP contribution >= 0.6 is 11.8 Å². The summed E-state index contributed by atoms with van der Waals surface area (Å²) in [5.41, 5.74) is 5.04. The molecule has 1 N–H and O–H groups in total. The molecule has 1 aliphatic rings. The maximum atomic E-state index is 12.2. The predicted octanol–water partition coefficient (Wildman–Crippen LogP) is 4.39. The number of nitrogens with one attached hydrogen (secondary N) is 1. The van der Waals surface area contributed by atoms with Gasteiger partial charge in [-0.1, -0.05) is 42.8 Å². The van der Waals surface area contributed by atoms with Crippen molar-refractivity contribution in [3.63, 3.8) is 0 Å².